The number of halogens is 1. The maximum absolute atomic E-state index is 12.4. The first kappa shape index (κ1) is 18.7. The summed E-state index contributed by atoms with van der Waals surface area (Å²) in [5.41, 5.74) is 0.0913. The Bertz CT molecular complexity index is 496. The molecule has 0 spiro atoms. The standard InChI is InChI=1S/C18H26ClNO2/c1-5-6-11-18(4,17(21)22-13-14(2)3)20-12-15-7-9-16(19)10-8-15/h7-10,12,14H,5-6,11,13H2,1-4H3/b20-12+/t18-/m1/s1. The summed E-state index contributed by atoms with van der Waals surface area (Å²) in [6.07, 6.45) is 4.36. The number of esters is 1. The van der Waals surface area contributed by atoms with Gasteiger partial charge in [0, 0.05) is 11.2 Å². The molecule has 1 aromatic carbocycles. The Morgan fingerprint density at radius 2 is 2.00 bits per heavy atom. The van der Waals surface area contributed by atoms with Crippen LogP contribution >= 0.6 is 11.6 Å². The number of aliphatic imine (C=N–C) groups is 1. The van der Waals surface area contributed by atoms with Crippen LogP contribution in [0.1, 0.15) is 52.5 Å². The number of carbonyl (C=O) groups is 1. The van der Waals surface area contributed by atoms with Crippen LogP contribution < -0.4 is 0 Å². The lowest BCUT2D eigenvalue weighted by molar-refractivity contribution is -0.150. The quantitative estimate of drug-likeness (QED) is 0.503. The number of unbranched alkanes of at least 4 members (excludes halogenated alkanes) is 1. The van der Waals surface area contributed by atoms with Gasteiger partial charge in [0.1, 0.15) is 0 Å². The molecule has 0 aliphatic carbocycles. The Morgan fingerprint density at radius 1 is 1.36 bits per heavy atom. The number of ether oxygens (including phenoxy) is 1. The van der Waals surface area contributed by atoms with E-state index < -0.39 is 5.54 Å². The van der Waals surface area contributed by atoms with Crippen molar-refractivity contribution in [3.05, 3.63) is 34.9 Å². The van der Waals surface area contributed by atoms with Crippen LogP contribution in [0.2, 0.25) is 5.02 Å². The molecule has 1 atom stereocenters. The van der Waals surface area contributed by atoms with Gasteiger partial charge in [-0.1, -0.05) is 57.3 Å². The van der Waals surface area contributed by atoms with Crippen LogP contribution in [0.15, 0.2) is 29.3 Å². The molecule has 0 aliphatic heterocycles. The summed E-state index contributed by atoms with van der Waals surface area (Å²) in [5.74, 6) is 0.0690. The van der Waals surface area contributed by atoms with E-state index in [0.717, 1.165) is 18.4 Å². The maximum atomic E-state index is 12.4. The second-order valence-corrected chi connectivity index (χ2v) is 6.62. The van der Waals surface area contributed by atoms with Crippen LogP contribution in [0.3, 0.4) is 0 Å². The largest absolute Gasteiger partial charge is 0.464 e. The molecule has 0 aliphatic rings. The van der Waals surface area contributed by atoms with Crippen LogP contribution in [-0.4, -0.2) is 24.3 Å². The Labute approximate surface area is 138 Å². The van der Waals surface area contributed by atoms with Crippen molar-refractivity contribution in [2.24, 2.45) is 10.9 Å². The first-order valence-electron chi connectivity index (χ1n) is 7.85. The summed E-state index contributed by atoms with van der Waals surface area (Å²) in [4.78, 5) is 16.9. The monoisotopic (exact) mass is 323 g/mol. The van der Waals surface area contributed by atoms with Gasteiger partial charge in [-0.2, -0.15) is 0 Å². The molecule has 0 saturated heterocycles. The van der Waals surface area contributed by atoms with Gasteiger partial charge in [0.05, 0.1) is 6.61 Å². The highest BCUT2D eigenvalue weighted by Crippen LogP contribution is 2.22. The highest BCUT2D eigenvalue weighted by atomic mass is 35.5. The van der Waals surface area contributed by atoms with Gasteiger partial charge in [-0.3, -0.25) is 4.99 Å². The molecular weight excluding hydrogens is 298 g/mol. The predicted octanol–water partition coefficient (Wildman–Crippen LogP) is 4.91. The molecule has 1 aromatic rings. The average Bonchev–Trinajstić information content (AvgIpc) is 2.50. The number of hydrogen-bond donors (Lipinski definition) is 0. The van der Waals surface area contributed by atoms with E-state index >= 15 is 0 Å². The molecule has 0 amide bonds. The molecule has 22 heavy (non-hydrogen) atoms. The van der Waals surface area contributed by atoms with Gasteiger partial charge in [-0.25, -0.2) is 4.79 Å². The third-order valence-electron chi connectivity index (χ3n) is 3.37. The SMILES string of the molecule is CCCC[C@@](C)(/N=C/c1ccc(Cl)cc1)C(=O)OCC(C)C. The normalized spacial score (nSPS) is 14.3. The van der Waals surface area contributed by atoms with E-state index in [2.05, 4.69) is 11.9 Å². The second kappa shape index (κ2) is 8.94. The number of carbonyl (C=O) groups excluding carboxylic acids is 1. The Hall–Kier alpha value is -1.35. The first-order chi connectivity index (χ1) is 10.4. The third-order valence-corrected chi connectivity index (χ3v) is 3.63. The maximum Gasteiger partial charge on any atom is 0.333 e. The zero-order valence-corrected chi connectivity index (χ0v) is 14.7. The van der Waals surface area contributed by atoms with E-state index in [1.165, 1.54) is 0 Å². The molecule has 0 N–H and O–H groups in total. The van der Waals surface area contributed by atoms with E-state index in [9.17, 15) is 4.79 Å². The predicted molar refractivity (Wildman–Crippen MR) is 92.8 cm³/mol. The summed E-state index contributed by atoms with van der Waals surface area (Å²) >= 11 is 5.87. The van der Waals surface area contributed by atoms with E-state index in [4.69, 9.17) is 16.3 Å². The van der Waals surface area contributed by atoms with Crippen molar-refractivity contribution in [3.8, 4) is 0 Å². The number of rotatable bonds is 8. The van der Waals surface area contributed by atoms with Gasteiger partial charge in [0.25, 0.3) is 0 Å². The lowest BCUT2D eigenvalue weighted by atomic mass is 9.95. The fraction of sp³-hybridized carbons (Fsp3) is 0.556. The van der Waals surface area contributed by atoms with Crippen LogP contribution in [-0.2, 0) is 9.53 Å². The van der Waals surface area contributed by atoms with E-state index in [1.54, 1.807) is 6.21 Å². The van der Waals surface area contributed by atoms with Crippen molar-refractivity contribution >= 4 is 23.8 Å². The summed E-state index contributed by atoms with van der Waals surface area (Å²) in [5, 5.41) is 0.683. The minimum absolute atomic E-state index is 0.250. The van der Waals surface area contributed by atoms with Crippen molar-refractivity contribution in [2.75, 3.05) is 6.61 Å². The van der Waals surface area contributed by atoms with Crippen LogP contribution in [0.4, 0.5) is 0 Å². The fourth-order valence-corrected chi connectivity index (χ4v) is 2.03. The molecule has 4 heteroatoms. The molecule has 0 unspecified atom stereocenters. The van der Waals surface area contributed by atoms with Crippen molar-refractivity contribution in [1.82, 2.24) is 0 Å². The number of benzene rings is 1. The average molecular weight is 324 g/mol. The molecule has 0 heterocycles. The first-order valence-corrected chi connectivity index (χ1v) is 8.23. The van der Waals surface area contributed by atoms with E-state index in [1.807, 2.05) is 45.0 Å². The van der Waals surface area contributed by atoms with Gasteiger partial charge in [-0.05, 0) is 37.0 Å². The minimum atomic E-state index is -0.829. The van der Waals surface area contributed by atoms with Crippen LogP contribution in [0, 0.1) is 5.92 Å². The molecule has 0 saturated carbocycles. The highest BCUT2D eigenvalue weighted by Gasteiger charge is 2.33. The second-order valence-electron chi connectivity index (χ2n) is 6.18. The molecule has 1 rings (SSSR count). The van der Waals surface area contributed by atoms with Crippen molar-refractivity contribution in [2.45, 2.75) is 52.5 Å². The fourth-order valence-electron chi connectivity index (χ4n) is 1.90. The lowest BCUT2D eigenvalue weighted by Crippen LogP contribution is -2.36. The van der Waals surface area contributed by atoms with Gasteiger partial charge < -0.3 is 4.74 Å². The third kappa shape index (κ3) is 6.18. The van der Waals surface area contributed by atoms with Gasteiger partial charge in [-0.15, -0.1) is 0 Å². The summed E-state index contributed by atoms with van der Waals surface area (Å²) in [6, 6.07) is 7.38. The topological polar surface area (TPSA) is 38.7 Å². The molecular formula is C18H26ClNO2. The number of hydrogen-bond acceptors (Lipinski definition) is 3. The van der Waals surface area contributed by atoms with Crippen molar-refractivity contribution in [1.29, 1.82) is 0 Å². The van der Waals surface area contributed by atoms with Crippen LogP contribution in [0.25, 0.3) is 0 Å². The Balaban J connectivity index is 2.85. The zero-order chi connectivity index (χ0) is 16.6. The minimum Gasteiger partial charge on any atom is -0.464 e. The van der Waals surface area contributed by atoms with Crippen LogP contribution in [0.5, 0.6) is 0 Å². The summed E-state index contributed by atoms with van der Waals surface area (Å²) < 4.78 is 5.40. The van der Waals surface area contributed by atoms with Gasteiger partial charge in [0.2, 0.25) is 0 Å². The summed E-state index contributed by atoms with van der Waals surface area (Å²) in [7, 11) is 0. The molecule has 0 radical (unpaired) electrons. The smallest absolute Gasteiger partial charge is 0.333 e. The number of nitrogens with zero attached hydrogens (tertiary/aromatic N) is 1. The molecule has 0 bridgehead atoms. The molecule has 3 nitrogen and oxygen atoms in total. The lowest BCUT2D eigenvalue weighted by Gasteiger charge is -2.23. The zero-order valence-electron chi connectivity index (χ0n) is 13.9. The highest BCUT2D eigenvalue weighted by molar-refractivity contribution is 6.30. The Morgan fingerprint density at radius 3 is 2.55 bits per heavy atom. The molecule has 122 valence electrons. The van der Waals surface area contributed by atoms with Gasteiger partial charge >= 0.3 is 5.97 Å². The van der Waals surface area contributed by atoms with Crippen molar-refractivity contribution < 1.29 is 9.53 Å². The Kier molecular flexibility index (Phi) is 7.60. The van der Waals surface area contributed by atoms with Gasteiger partial charge in [0.15, 0.2) is 5.54 Å². The van der Waals surface area contributed by atoms with E-state index in [0.29, 0.717) is 24.0 Å². The molecule has 0 fully saturated rings. The van der Waals surface area contributed by atoms with Crippen molar-refractivity contribution in [3.63, 3.8) is 0 Å². The summed E-state index contributed by atoms with van der Waals surface area (Å²) in [6.45, 7) is 8.42. The van der Waals surface area contributed by atoms with E-state index in [-0.39, 0.29) is 5.97 Å². The molecule has 0 aromatic heterocycles.